The first-order valence-electron chi connectivity index (χ1n) is 7.55. The minimum atomic E-state index is 0.966. The zero-order chi connectivity index (χ0) is 14.7. The van der Waals surface area contributed by atoms with Crippen LogP contribution in [0.2, 0.25) is 0 Å². The van der Waals surface area contributed by atoms with E-state index in [1.165, 1.54) is 33.0 Å². The lowest BCUT2D eigenvalue weighted by atomic mass is 10.0. The predicted molar refractivity (Wildman–Crippen MR) is 90.6 cm³/mol. The first-order chi connectivity index (χ1) is 10.9. The molecule has 5 rings (SSSR count). The maximum absolute atomic E-state index is 5.83. The van der Waals surface area contributed by atoms with Crippen molar-refractivity contribution < 1.29 is 4.74 Å². The quantitative estimate of drug-likeness (QED) is 0.465. The molecule has 0 unspecified atom stereocenters. The molecular weight excluding hydrogens is 270 g/mol. The summed E-state index contributed by atoms with van der Waals surface area (Å²) in [5.74, 6) is 0.966. The van der Waals surface area contributed by atoms with E-state index in [2.05, 4.69) is 59.6 Å². The smallest absolute Gasteiger partial charge is 0.151 e. The molecule has 0 fully saturated rings. The average molecular weight is 285 g/mol. The van der Waals surface area contributed by atoms with Crippen molar-refractivity contribution in [1.29, 1.82) is 0 Å². The lowest BCUT2D eigenvalue weighted by Gasteiger charge is -2.10. The zero-order valence-electron chi connectivity index (χ0n) is 12.3. The normalized spacial score (nSPS) is 12.6. The Morgan fingerprint density at radius 2 is 1.73 bits per heavy atom. The van der Waals surface area contributed by atoms with Crippen LogP contribution in [0.15, 0.2) is 54.6 Å². The largest absolute Gasteiger partial charge is 0.494 e. The second kappa shape index (κ2) is 4.14. The molecule has 0 aliphatic heterocycles. The van der Waals surface area contributed by atoms with Crippen molar-refractivity contribution >= 4 is 21.8 Å². The summed E-state index contributed by atoms with van der Waals surface area (Å²) in [4.78, 5) is 3.53. The monoisotopic (exact) mass is 285 g/mol. The minimum absolute atomic E-state index is 0.966. The Balaban J connectivity index is 1.96. The van der Waals surface area contributed by atoms with Gasteiger partial charge in [0, 0.05) is 21.9 Å². The van der Waals surface area contributed by atoms with Gasteiger partial charge >= 0.3 is 0 Å². The third kappa shape index (κ3) is 1.39. The first-order valence-corrected chi connectivity index (χ1v) is 7.55. The van der Waals surface area contributed by atoms with E-state index in [4.69, 9.17) is 4.74 Å². The fourth-order valence-electron chi connectivity index (χ4n) is 3.77. The number of para-hydroxylation sites is 1. The van der Waals surface area contributed by atoms with Gasteiger partial charge in [0.15, 0.2) is 5.75 Å². The van der Waals surface area contributed by atoms with Gasteiger partial charge in [-0.2, -0.15) is 0 Å². The standard InChI is InChI=1S/C20H15NO/c1-22-20-18-13(10-12-6-2-3-7-14(12)18)11-16-15-8-4-5-9-17(15)21-19(16)20/h2-9,11,21H,10H2,1H3. The number of hydrogen-bond donors (Lipinski definition) is 1. The average Bonchev–Trinajstić information content (AvgIpc) is 3.11. The van der Waals surface area contributed by atoms with Crippen LogP contribution in [0.25, 0.3) is 32.9 Å². The number of nitrogens with one attached hydrogen (secondary N) is 1. The van der Waals surface area contributed by atoms with Gasteiger partial charge in [0.05, 0.1) is 12.6 Å². The van der Waals surface area contributed by atoms with Crippen molar-refractivity contribution in [2.75, 3.05) is 7.11 Å². The number of aromatic amines is 1. The van der Waals surface area contributed by atoms with Gasteiger partial charge in [-0.05, 0) is 35.2 Å². The fourth-order valence-corrected chi connectivity index (χ4v) is 3.77. The van der Waals surface area contributed by atoms with Crippen LogP contribution in [-0.4, -0.2) is 12.1 Å². The molecule has 0 atom stereocenters. The second-order valence-electron chi connectivity index (χ2n) is 5.87. The van der Waals surface area contributed by atoms with Gasteiger partial charge in [-0.15, -0.1) is 0 Å². The molecule has 1 aliphatic carbocycles. The van der Waals surface area contributed by atoms with Gasteiger partial charge in [0.2, 0.25) is 0 Å². The maximum atomic E-state index is 5.83. The van der Waals surface area contributed by atoms with Crippen molar-refractivity contribution in [1.82, 2.24) is 4.98 Å². The van der Waals surface area contributed by atoms with E-state index in [0.29, 0.717) is 0 Å². The summed E-state index contributed by atoms with van der Waals surface area (Å²) in [5, 5.41) is 2.51. The Morgan fingerprint density at radius 3 is 2.64 bits per heavy atom. The van der Waals surface area contributed by atoms with E-state index in [9.17, 15) is 0 Å². The highest BCUT2D eigenvalue weighted by Gasteiger charge is 2.25. The van der Waals surface area contributed by atoms with Crippen molar-refractivity contribution in [3.8, 4) is 16.9 Å². The number of rotatable bonds is 1. The summed E-state index contributed by atoms with van der Waals surface area (Å²) in [6, 6.07) is 19.4. The van der Waals surface area contributed by atoms with E-state index in [1.807, 2.05) is 0 Å². The summed E-state index contributed by atoms with van der Waals surface area (Å²) in [6.07, 6.45) is 0.983. The Morgan fingerprint density at radius 1 is 0.909 bits per heavy atom. The number of benzene rings is 3. The molecule has 2 nitrogen and oxygen atoms in total. The highest BCUT2D eigenvalue weighted by molar-refractivity contribution is 6.12. The lowest BCUT2D eigenvalue weighted by Crippen LogP contribution is -1.90. The molecule has 0 bridgehead atoms. The van der Waals surface area contributed by atoms with E-state index >= 15 is 0 Å². The van der Waals surface area contributed by atoms with Gasteiger partial charge in [0.25, 0.3) is 0 Å². The van der Waals surface area contributed by atoms with Crippen LogP contribution in [0, 0.1) is 0 Å². The molecule has 0 radical (unpaired) electrons. The lowest BCUT2D eigenvalue weighted by molar-refractivity contribution is 0.420. The van der Waals surface area contributed by atoms with Crippen LogP contribution >= 0.6 is 0 Å². The Bertz CT molecular complexity index is 1040. The Labute approximate surface area is 128 Å². The van der Waals surface area contributed by atoms with Gasteiger partial charge in [0.1, 0.15) is 0 Å². The highest BCUT2D eigenvalue weighted by atomic mass is 16.5. The van der Waals surface area contributed by atoms with Gasteiger partial charge < -0.3 is 9.72 Å². The number of ether oxygens (including phenoxy) is 1. The highest BCUT2D eigenvalue weighted by Crippen LogP contribution is 2.47. The predicted octanol–water partition coefficient (Wildman–Crippen LogP) is 4.90. The summed E-state index contributed by atoms with van der Waals surface area (Å²) in [7, 11) is 1.77. The van der Waals surface area contributed by atoms with E-state index in [0.717, 1.165) is 23.2 Å². The molecule has 3 aromatic carbocycles. The molecule has 22 heavy (non-hydrogen) atoms. The van der Waals surface area contributed by atoms with Crippen molar-refractivity contribution in [3.05, 3.63) is 65.7 Å². The SMILES string of the molecule is COc1c2c(cc3c1[nH]c1ccccc13)Cc1ccccc1-2. The molecule has 2 heteroatoms. The van der Waals surface area contributed by atoms with Crippen molar-refractivity contribution in [2.24, 2.45) is 0 Å². The van der Waals surface area contributed by atoms with Crippen LogP contribution in [0.3, 0.4) is 0 Å². The topological polar surface area (TPSA) is 25.0 Å². The second-order valence-corrected chi connectivity index (χ2v) is 5.87. The van der Waals surface area contributed by atoms with Crippen LogP contribution in [0.1, 0.15) is 11.1 Å². The number of methoxy groups -OCH3 is 1. The molecule has 1 aromatic heterocycles. The van der Waals surface area contributed by atoms with Crippen molar-refractivity contribution in [3.63, 3.8) is 0 Å². The van der Waals surface area contributed by atoms with Crippen LogP contribution in [0.5, 0.6) is 5.75 Å². The summed E-state index contributed by atoms with van der Waals surface area (Å²) >= 11 is 0. The third-order valence-corrected chi connectivity index (χ3v) is 4.71. The van der Waals surface area contributed by atoms with Gasteiger partial charge in [-0.3, -0.25) is 0 Å². The zero-order valence-corrected chi connectivity index (χ0v) is 12.3. The van der Waals surface area contributed by atoms with Gasteiger partial charge in [-0.25, -0.2) is 0 Å². The first kappa shape index (κ1) is 11.9. The molecule has 0 saturated carbocycles. The van der Waals surface area contributed by atoms with Crippen LogP contribution in [-0.2, 0) is 6.42 Å². The number of aromatic nitrogens is 1. The molecule has 0 saturated heterocycles. The third-order valence-electron chi connectivity index (χ3n) is 4.71. The van der Waals surface area contributed by atoms with Crippen LogP contribution in [0.4, 0.5) is 0 Å². The fraction of sp³-hybridized carbons (Fsp3) is 0.100. The van der Waals surface area contributed by atoms with Crippen molar-refractivity contribution in [2.45, 2.75) is 6.42 Å². The number of hydrogen-bond acceptors (Lipinski definition) is 1. The minimum Gasteiger partial charge on any atom is -0.494 e. The molecule has 4 aromatic rings. The molecule has 106 valence electrons. The van der Waals surface area contributed by atoms with E-state index in [-0.39, 0.29) is 0 Å². The van der Waals surface area contributed by atoms with E-state index < -0.39 is 0 Å². The van der Waals surface area contributed by atoms with E-state index in [1.54, 1.807) is 7.11 Å². The van der Waals surface area contributed by atoms with Crippen LogP contribution < -0.4 is 4.74 Å². The number of fused-ring (bicyclic) bond motifs is 6. The summed E-state index contributed by atoms with van der Waals surface area (Å²) < 4.78 is 5.83. The molecule has 1 heterocycles. The molecular formula is C20H15NO. The molecule has 1 aliphatic rings. The number of H-pyrrole nitrogens is 1. The maximum Gasteiger partial charge on any atom is 0.151 e. The Hall–Kier alpha value is -2.74. The molecule has 0 amide bonds. The molecule has 0 spiro atoms. The summed E-state index contributed by atoms with van der Waals surface area (Å²) in [6.45, 7) is 0. The molecule has 1 N–H and O–H groups in total. The Kier molecular flexibility index (Phi) is 2.23. The van der Waals surface area contributed by atoms with Gasteiger partial charge in [-0.1, -0.05) is 42.5 Å². The summed E-state index contributed by atoms with van der Waals surface area (Å²) in [5.41, 5.74) is 7.54.